The Hall–Kier alpha value is -0.860. The van der Waals surface area contributed by atoms with Gasteiger partial charge in [0.25, 0.3) is 0 Å². The number of rotatable bonds is 3. The maximum absolute atomic E-state index is 5.21. The summed E-state index contributed by atoms with van der Waals surface area (Å²) in [5, 5.41) is 3.97. The SMILES string of the molecule is CC(C)Cc1noc(C2CCC2)n1. The van der Waals surface area contributed by atoms with Gasteiger partial charge in [-0.1, -0.05) is 25.4 Å². The van der Waals surface area contributed by atoms with Gasteiger partial charge in [-0.05, 0) is 18.8 Å². The van der Waals surface area contributed by atoms with E-state index in [4.69, 9.17) is 4.52 Å². The van der Waals surface area contributed by atoms with E-state index in [2.05, 4.69) is 24.0 Å². The third kappa shape index (κ3) is 1.90. The van der Waals surface area contributed by atoms with Crippen LogP contribution in [0.4, 0.5) is 0 Å². The fourth-order valence-corrected chi connectivity index (χ4v) is 1.54. The van der Waals surface area contributed by atoms with Crippen LogP contribution in [0.5, 0.6) is 0 Å². The van der Waals surface area contributed by atoms with Crippen LogP contribution in [-0.4, -0.2) is 10.1 Å². The molecule has 1 heterocycles. The minimum atomic E-state index is 0.563. The zero-order valence-electron chi connectivity index (χ0n) is 8.29. The molecule has 1 fully saturated rings. The first-order valence-corrected chi connectivity index (χ1v) is 5.08. The molecule has 0 unspecified atom stereocenters. The summed E-state index contributed by atoms with van der Waals surface area (Å²) in [7, 11) is 0. The highest BCUT2D eigenvalue weighted by Gasteiger charge is 2.25. The van der Waals surface area contributed by atoms with Gasteiger partial charge in [-0.2, -0.15) is 4.98 Å². The Morgan fingerprint density at radius 2 is 2.23 bits per heavy atom. The van der Waals surface area contributed by atoms with Crippen LogP contribution in [0.1, 0.15) is 50.7 Å². The van der Waals surface area contributed by atoms with E-state index in [0.29, 0.717) is 11.8 Å². The Morgan fingerprint density at radius 3 is 2.77 bits per heavy atom. The van der Waals surface area contributed by atoms with E-state index in [0.717, 1.165) is 18.1 Å². The lowest BCUT2D eigenvalue weighted by molar-refractivity contribution is 0.290. The Morgan fingerprint density at radius 1 is 1.46 bits per heavy atom. The largest absolute Gasteiger partial charge is 0.339 e. The Kier molecular flexibility index (Phi) is 2.34. The molecule has 1 aromatic heterocycles. The second kappa shape index (κ2) is 3.48. The molecule has 72 valence electrons. The molecule has 0 radical (unpaired) electrons. The molecule has 1 saturated carbocycles. The molecular formula is C10H16N2O. The van der Waals surface area contributed by atoms with Crippen LogP contribution in [0.3, 0.4) is 0 Å². The molecule has 0 aliphatic heterocycles. The number of nitrogens with zero attached hydrogens (tertiary/aromatic N) is 2. The smallest absolute Gasteiger partial charge is 0.229 e. The lowest BCUT2D eigenvalue weighted by atomic mass is 9.85. The third-order valence-electron chi connectivity index (χ3n) is 2.53. The highest BCUT2D eigenvalue weighted by Crippen LogP contribution is 2.35. The lowest BCUT2D eigenvalue weighted by Crippen LogP contribution is -2.09. The van der Waals surface area contributed by atoms with Crippen molar-refractivity contribution in [3.05, 3.63) is 11.7 Å². The van der Waals surface area contributed by atoms with E-state index < -0.39 is 0 Å². The molecule has 0 saturated heterocycles. The maximum atomic E-state index is 5.21. The van der Waals surface area contributed by atoms with Gasteiger partial charge in [0.15, 0.2) is 5.82 Å². The van der Waals surface area contributed by atoms with E-state index in [1.807, 2.05) is 0 Å². The molecule has 0 spiro atoms. The van der Waals surface area contributed by atoms with Gasteiger partial charge < -0.3 is 4.52 Å². The fourth-order valence-electron chi connectivity index (χ4n) is 1.54. The number of aromatic nitrogens is 2. The highest BCUT2D eigenvalue weighted by molar-refractivity contribution is 4.98. The summed E-state index contributed by atoms with van der Waals surface area (Å²) in [5.41, 5.74) is 0. The summed E-state index contributed by atoms with van der Waals surface area (Å²) < 4.78 is 5.21. The summed E-state index contributed by atoms with van der Waals surface area (Å²) in [6.07, 6.45) is 4.69. The molecule has 1 aliphatic carbocycles. The van der Waals surface area contributed by atoms with Crippen molar-refractivity contribution in [1.29, 1.82) is 0 Å². The van der Waals surface area contributed by atoms with Gasteiger partial charge in [0.2, 0.25) is 5.89 Å². The standard InChI is InChI=1S/C10H16N2O/c1-7(2)6-9-11-10(13-12-9)8-4-3-5-8/h7-8H,3-6H2,1-2H3. The van der Waals surface area contributed by atoms with Crippen LogP contribution >= 0.6 is 0 Å². The van der Waals surface area contributed by atoms with Crippen molar-refractivity contribution in [2.45, 2.75) is 45.4 Å². The quantitative estimate of drug-likeness (QED) is 0.717. The highest BCUT2D eigenvalue weighted by atomic mass is 16.5. The van der Waals surface area contributed by atoms with Crippen LogP contribution in [0.15, 0.2) is 4.52 Å². The second-order valence-electron chi connectivity index (χ2n) is 4.27. The van der Waals surface area contributed by atoms with E-state index in [9.17, 15) is 0 Å². The minimum absolute atomic E-state index is 0.563. The first-order chi connectivity index (χ1) is 6.25. The zero-order chi connectivity index (χ0) is 9.26. The van der Waals surface area contributed by atoms with Crippen molar-refractivity contribution >= 4 is 0 Å². The summed E-state index contributed by atoms with van der Waals surface area (Å²) >= 11 is 0. The molecule has 3 nitrogen and oxygen atoms in total. The van der Waals surface area contributed by atoms with E-state index in [-0.39, 0.29) is 0 Å². The molecule has 1 aromatic rings. The van der Waals surface area contributed by atoms with Gasteiger partial charge in [-0.3, -0.25) is 0 Å². The van der Waals surface area contributed by atoms with Crippen molar-refractivity contribution in [2.24, 2.45) is 5.92 Å². The van der Waals surface area contributed by atoms with E-state index in [1.165, 1.54) is 19.3 Å². The predicted molar refractivity (Wildman–Crippen MR) is 49.4 cm³/mol. The fraction of sp³-hybridized carbons (Fsp3) is 0.800. The second-order valence-corrected chi connectivity index (χ2v) is 4.27. The Balaban J connectivity index is 2.00. The summed E-state index contributed by atoms with van der Waals surface area (Å²) in [6, 6.07) is 0. The molecule has 1 aliphatic rings. The summed E-state index contributed by atoms with van der Waals surface area (Å²) in [6.45, 7) is 4.33. The zero-order valence-corrected chi connectivity index (χ0v) is 8.29. The molecule has 0 amide bonds. The average Bonchev–Trinajstić information content (AvgIpc) is 2.31. The topological polar surface area (TPSA) is 38.9 Å². The van der Waals surface area contributed by atoms with Crippen molar-refractivity contribution in [1.82, 2.24) is 10.1 Å². The molecule has 0 aromatic carbocycles. The minimum Gasteiger partial charge on any atom is -0.339 e. The Bertz CT molecular complexity index is 276. The lowest BCUT2D eigenvalue weighted by Gasteiger charge is -2.20. The summed E-state index contributed by atoms with van der Waals surface area (Å²) in [5.74, 6) is 2.90. The number of hydrogen-bond donors (Lipinski definition) is 0. The third-order valence-corrected chi connectivity index (χ3v) is 2.53. The van der Waals surface area contributed by atoms with Gasteiger partial charge in [-0.25, -0.2) is 0 Å². The number of hydrogen-bond acceptors (Lipinski definition) is 3. The molecule has 0 bridgehead atoms. The molecule has 2 rings (SSSR count). The van der Waals surface area contributed by atoms with Crippen LogP contribution in [0.25, 0.3) is 0 Å². The first kappa shape index (κ1) is 8.73. The van der Waals surface area contributed by atoms with Gasteiger partial charge >= 0.3 is 0 Å². The maximum Gasteiger partial charge on any atom is 0.229 e. The van der Waals surface area contributed by atoms with Crippen LogP contribution in [0.2, 0.25) is 0 Å². The van der Waals surface area contributed by atoms with Gasteiger partial charge in [0.1, 0.15) is 0 Å². The van der Waals surface area contributed by atoms with Crippen molar-refractivity contribution < 1.29 is 4.52 Å². The van der Waals surface area contributed by atoms with Crippen LogP contribution in [-0.2, 0) is 6.42 Å². The van der Waals surface area contributed by atoms with Crippen LogP contribution < -0.4 is 0 Å². The van der Waals surface area contributed by atoms with Crippen molar-refractivity contribution in [3.63, 3.8) is 0 Å². The Labute approximate surface area is 78.5 Å². The summed E-state index contributed by atoms with van der Waals surface area (Å²) in [4.78, 5) is 4.39. The van der Waals surface area contributed by atoms with Crippen molar-refractivity contribution in [2.75, 3.05) is 0 Å². The first-order valence-electron chi connectivity index (χ1n) is 5.08. The van der Waals surface area contributed by atoms with Gasteiger partial charge in [-0.15, -0.1) is 0 Å². The van der Waals surface area contributed by atoms with Crippen molar-refractivity contribution in [3.8, 4) is 0 Å². The monoisotopic (exact) mass is 180 g/mol. The molecule has 13 heavy (non-hydrogen) atoms. The molecule has 3 heteroatoms. The normalized spacial score (nSPS) is 17.8. The van der Waals surface area contributed by atoms with E-state index in [1.54, 1.807) is 0 Å². The molecule has 0 atom stereocenters. The average molecular weight is 180 g/mol. The van der Waals surface area contributed by atoms with E-state index >= 15 is 0 Å². The molecule has 0 N–H and O–H groups in total. The van der Waals surface area contributed by atoms with Gasteiger partial charge in [0.05, 0.1) is 0 Å². The van der Waals surface area contributed by atoms with Crippen LogP contribution in [0, 0.1) is 5.92 Å². The molecular weight excluding hydrogens is 164 g/mol. The predicted octanol–water partition coefficient (Wildman–Crippen LogP) is 2.54. The van der Waals surface area contributed by atoms with Gasteiger partial charge in [0, 0.05) is 12.3 Å².